The molecule has 0 aliphatic rings. The van der Waals surface area contributed by atoms with Crippen molar-refractivity contribution in [1.29, 1.82) is 0 Å². The number of rotatable bonds is 6. The Hall–Kier alpha value is -2.21. The number of hydroxylamine groups is 2. The number of hydrogen-bond acceptors (Lipinski definition) is 4. The summed E-state index contributed by atoms with van der Waals surface area (Å²) in [5.41, 5.74) is 0.815. The van der Waals surface area contributed by atoms with Gasteiger partial charge in [-0.3, -0.25) is 14.4 Å². The van der Waals surface area contributed by atoms with E-state index in [0.29, 0.717) is 0 Å². The minimum atomic E-state index is -1.63. The van der Waals surface area contributed by atoms with Crippen LogP contribution in [0.15, 0.2) is 30.3 Å². The molecule has 0 aromatic heterocycles. The lowest BCUT2D eigenvalue weighted by atomic mass is 10.2. The Labute approximate surface area is 104 Å². The standard InChI is InChI=1S/C12H13NO5/c1-18-13(8-9-5-3-2-4-6-9)11(15)7-10(14)12(16)17/h2-6H,7-8H2,1H3,(H,16,17). The van der Waals surface area contributed by atoms with E-state index in [2.05, 4.69) is 0 Å². The number of aliphatic carboxylic acids is 1. The average molecular weight is 251 g/mol. The van der Waals surface area contributed by atoms with Crippen molar-refractivity contribution in [3.8, 4) is 0 Å². The zero-order chi connectivity index (χ0) is 13.5. The summed E-state index contributed by atoms with van der Waals surface area (Å²) < 4.78 is 0. The third kappa shape index (κ3) is 3.99. The predicted octanol–water partition coefficient (Wildman–Crippen LogP) is 0.620. The molecule has 0 saturated carbocycles. The first-order valence-electron chi connectivity index (χ1n) is 5.19. The summed E-state index contributed by atoms with van der Waals surface area (Å²) >= 11 is 0. The van der Waals surface area contributed by atoms with Gasteiger partial charge in [0, 0.05) is 0 Å². The van der Waals surface area contributed by atoms with Crippen molar-refractivity contribution in [2.24, 2.45) is 0 Å². The summed E-state index contributed by atoms with van der Waals surface area (Å²) in [6, 6.07) is 9.01. The zero-order valence-electron chi connectivity index (χ0n) is 9.83. The van der Waals surface area contributed by atoms with Gasteiger partial charge >= 0.3 is 5.97 Å². The molecule has 0 atom stereocenters. The Kier molecular flexibility index (Phi) is 5.01. The van der Waals surface area contributed by atoms with Gasteiger partial charge in [0.1, 0.15) is 0 Å². The number of carboxylic acid groups (broad SMARTS) is 1. The number of amides is 1. The fourth-order valence-electron chi connectivity index (χ4n) is 1.30. The van der Waals surface area contributed by atoms with E-state index in [-0.39, 0.29) is 6.54 Å². The third-order valence-corrected chi connectivity index (χ3v) is 2.22. The Morgan fingerprint density at radius 3 is 2.33 bits per heavy atom. The topological polar surface area (TPSA) is 83.9 Å². The Morgan fingerprint density at radius 2 is 1.83 bits per heavy atom. The van der Waals surface area contributed by atoms with Crippen LogP contribution in [0, 0.1) is 0 Å². The summed E-state index contributed by atoms with van der Waals surface area (Å²) in [6.07, 6.45) is -0.712. The number of ketones is 1. The molecular formula is C12H13NO5. The molecular weight excluding hydrogens is 238 g/mol. The first kappa shape index (κ1) is 13.9. The second-order valence-electron chi connectivity index (χ2n) is 3.50. The van der Waals surface area contributed by atoms with Gasteiger partial charge in [-0.25, -0.2) is 9.86 Å². The monoisotopic (exact) mass is 251 g/mol. The van der Waals surface area contributed by atoms with E-state index in [1.165, 1.54) is 7.11 Å². The van der Waals surface area contributed by atoms with E-state index < -0.39 is 24.1 Å². The summed E-state index contributed by atoms with van der Waals surface area (Å²) in [6.45, 7) is 0.156. The van der Waals surface area contributed by atoms with E-state index in [9.17, 15) is 14.4 Å². The molecule has 0 heterocycles. The lowest BCUT2D eigenvalue weighted by molar-refractivity contribution is -0.180. The maximum atomic E-state index is 11.6. The lowest BCUT2D eigenvalue weighted by Gasteiger charge is -2.19. The maximum absolute atomic E-state index is 11.6. The molecule has 0 bridgehead atoms. The second-order valence-corrected chi connectivity index (χ2v) is 3.50. The van der Waals surface area contributed by atoms with Crippen molar-refractivity contribution < 1.29 is 24.3 Å². The highest BCUT2D eigenvalue weighted by atomic mass is 16.7. The SMILES string of the molecule is CON(Cc1ccccc1)C(=O)CC(=O)C(=O)O. The highest BCUT2D eigenvalue weighted by Crippen LogP contribution is 2.06. The van der Waals surface area contributed by atoms with Crippen molar-refractivity contribution in [3.05, 3.63) is 35.9 Å². The van der Waals surface area contributed by atoms with E-state index in [4.69, 9.17) is 9.94 Å². The minimum Gasteiger partial charge on any atom is -0.475 e. The Bertz CT molecular complexity index is 443. The van der Waals surface area contributed by atoms with Gasteiger partial charge in [-0.1, -0.05) is 30.3 Å². The minimum absolute atomic E-state index is 0.156. The summed E-state index contributed by atoms with van der Waals surface area (Å²) in [7, 11) is 1.28. The summed E-state index contributed by atoms with van der Waals surface area (Å²) in [4.78, 5) is 37.7. The molecule has 1 rings (SSSR count). The van der Waals surface area contributed by atoms with Crippen LogP contribution in [0.25, 0.3) is 0 Å². The molecule has 0 spiro atoms. The van der Waals surface area contributed by atoms with Crippen LogP contribution in [0.4, 0.5) is 0 Å². The molecule has 0 saturated heterocycles. The fourth-order valence-corrected chi connectivity index (χ4v) is 1.30. The highest BCUT2D eigenvalue weighted by molar-refractivity contribution is 6.36. The van der Waals surface area contributed by atoms with Crippen LogP contribution in [-0.4, -0.2) is 34.9 Å². The van der Waals surface area contributed by atoms with Crippen molar-refractivity contribution in [2.75, 3.05) is 7.11 Å². The average Bonchev–Trinajstić information content (AvgIpc) is 2.36. The second kappa shape index (κ2) is 6.51. The van der Waals surface area contributed by atoms with Crippen LogP contribution in [0.2, 0.25) is 0 Å². The Morgan fingerprint density at radius 1 is 1.22 bits per heavy atom. The van der Waals surface area contributed by atoms with Gasteiger partial charge in [0.15, 0.2) is 0 Å². The van der Waals surface area contributed by atoms with Gasteiger partial charge in [-0.05, 0) is 5.56 Å². The number of carboxylic acids is 1. The fraction of sp³-hybridized carbons (Fsp3) is 0.250. The van der Waals surface area contributed by atoms with Gasteiger partial charge in [-0.15, -0.1) is 0 Å². The molecule has 0 fully saturated rings. The molecule has 18 heavy (non-hydrogen) atoms. The van der Waals surface area contributed by atoms with Crippen LogP contribution in [-0.2, 0) is 25.8 Å². The van der Waals surface area contributed by atoms with E-state index in [1.54, 1.807) is 24.3 Å². The van der Waals surface area contributed by atoms with Gasteiger partial charge in [0.2, 0.25) is 5.78 Å². The predicted molar refractivity (Wildman–Crippen MR) is 61.3 cm³/mol. The number of hydrogen-bond donors (Lipinski definition) is 1. The van der Waals surface area contributed by atoms with Gasteiger partial charge in [0.25, 0.3) is 5.91 Å². The smallest absolute Gasteiger partial charge is 0.372 e. The van der Waals surface area contributed by atoms with Crippen LogP contribution in [0.1, 0.15) is 12.0 Å². The largest absolute Gasteiger partial charge is 0.475 e. The number of nitrogens with zero attached hydrogens (tertiary/aromatic N) is 1. The quantitative estimate of drug-likeness (QED) is 0.455. The number of carbonyl (C=O) groups excluding carboxylic acids is 2. The van der Waals surface area contributed by atoms with Gasteiger partial charge in [-0.2, -0.15) is 0 Å². The molecule has 0 aliphatic carbocycles. The molecule has 96 valence electrons. The first-order chi connectivity index (χ1) is 8.54. The molecule has 1 amide bonds. The van der Waals surface area contributed by atoms with E-state index >= 15 is 0 Å². The molecule has 6 heteroatoms. The molecule has 0 aliphatic heterocycles. The molecule has 0 radical (unpaired) electrons. The van der Waals surface area contributed by atoms with Crippen molar-refractivity contribution in [2.45, 2.75) is 13.0 Å². The van der Waals surface area contributed by atoms with Crippen LogP contribution >= 0.6 is 0 Å². The molecule has 0 unspecified atom stereocenters. The van der Waals surface area contributed by atoms with E-state index in [1.807, 2.05) is 6.07 Å². The van der Waals surface area contributed by atoms with Crippen LogP contribution in [0.3, 0.4) is 0 Å². The normalized spacial score (nSPS) is 9.83. The van der Waals surface area contributed by atoms with Crippen LogP contribution < -0.4 is 0 Å². The Balaban J connectivity index is 2.64. The number of benzene rings is 1. The third-order valence-electron chi connectivity index (χ3n) is 2.22. The molecule has 1 aromatic rings. The van der Waals surface area contributed by atoms with Gasteiger partial charge < -0.3 is 5.11 Å². The summed E-state index contributed by atoms with van der Waals surface area (Å²) in [5.74, 6) is -3.47. The van der Waals surface area contributed by atoms with Crippen molar-refractivity contribution in [1.82, 2.24) is 5.06 Å². The number of Topliss-reactive ketones (excluding diaryl/α,β-unsaturated/α-hetero) is 1. The molecule has 1 aromatic carbocycles. The van der Waals surface area contributed by atoms with Crippen molar-refractivity contribution >= 4 is 17.7 Å². The zero-order valence-corrected chi connectivity index (χ0v) is 9.83. The lowest BCUT2D eigenvalue weighted by Crippen LogP contribution is -2.32. The van der Waals surface area contributed by atoms with Crippen molar-refractivity contribution in [3.63, 3.8) is 0 Å². The highest BCUT2D eigenvalue weighted by Gasteiger charge is 2.21. The maximum Gasteiger partial charge on any atom is 0.372 e. The molecule has 1 N–H and O–H groups in total. The van der Waals surface area contributed by atoms with Gasteiger partial charge in [0.05, 0.1) is 20.1 Å². The van der Waals surface area contributed by atoms with Crippen LogP contribution in [0.5, 0.6) is 0 Å². The number of carbonyl (C=O) groups is 3. The first-order valence-corrected chi connectivity index (χ1v) is 5.19. The summed E-state index contributed by atoms with van der Waals surface area (Å²) in [5, 5.41) is 9.37. The molecule has 6 nitrogen and oxygen atoms in total. The van der Waals surface area contributed by atoms with E-state index in [0.717, 1.165) is 10.6 Å².